The van der Waals surface area contributed by atoms with E-state index in [1.165, 1.54) is 16.1 Å². The second-order valence-corrected chi connectivity index (χ2v) is 11.9. The van der Waals surface area contributed by atoms with Crippen molar-refractivity contribution in [1.29, 1.82) is 0 Å². The van der Waals surface area contributed by atoms with Gasteiger partial charge in [-0.1, -0.05) is 38.1 Å². The lowest BCUT2D eigenvalue weighted by Crippen LogP contribution is -2.37. The zero-order valence-corrected chi connectivity index (χ0v) is 25.6. The molecule has 1 unspecified atom stereocenters. The van der Waals surface area contributed by atoms with Crippen LogP contribution in [0.2, 0.25) is 0 Å². The van der Waals surface area contributed by atoms with Gasteiger partial charge < -0.3 is 20.8 Å². The van der Waals surface area contributed by atoms with Crippen molar-refractivity contribution in [3.63, 3.8) is 0 Å². The van der Waals surface area contributed by atoms with Crippen molar-refractivity contribution in [3.05, 3.63) is 107 Å². The lowest BCUT2D eigenvalue weighted by molar-refractivity contribution is -0.124. The number of aryl methyl sites for hydroxylation is 1. The van der Waals surface area contributed by atoms with Crippen molar-refractivity contribution in [2.45, 2.75) is 46.7 Å². The summed E-state index contributed by atoms with van der Waals surface area (Å²) in [6, 6.07) is 16.1. The fourth-order valence-electron chi connectivity index (χ4n) is 5.89. The van der Waals surface area contributed by atoms with Crippen molar-refractivity contribution in [3.8, 4) is 5.75 Å². The Morgan fingerprint density at radius 2 is 1.91 bits per heavy atom. The Bertz CT molecular complexity index is 1600. The first kappa shape index (κ1) is 30.0. The van der Waals surface area contributed by atoms with E-state index in [4.69, 9.17) is 16.3 Å². The summed E-state index contributed by atoms with van der Waals surface area (Å²) in [5, 5.41) is 4.60. The van der Waals surface area contributed by atoms with Crippen LogP contribution < -0.4 is 26.6 Å². The fraction of sp³-hybridized carbons (Fsp3) is 0.324. The molecule has 9 nitrogen and oxygen atoms in total. The molecule has 3 heterocycles. The standard InChI is InChI=1S/C34H41N7O2/c1-22-8-9-24(17-25(22)20-41-15-16-43-30-12-14-38-18-26(30)21-41)31(28-10-11-29(40(5)36)32(35)23(28)2)34(3,4)33(42)39-27-7-6-13-37-19-27/h6-14,17-19,31H,15-16,20-21,35-36H2,1-5H3,(H,39,42). The Labute approximate surface area is 253 Å². The van der Waals surface area contributed by atoms with Gasteiger partial charge >= 0.3 is 0 Å². The highest BCUT2D eigenvalue weighted by molar-refractivity contribution is 5.96. The molecule has 2 aromatic carbocycles. The number of anilines is 3. The van der Waals surface area contributed by atoms with E-state index in [-0.39, 0.29) is 11.8 Å². The highest BCUT2D eigenvalue weighted by atomic mass is 16.5. The quantitative estimate of drug-likeness (QED) is 0.148. The second kappa shape index (κ2) is 12.4. The van der Waals surface area contributed by atoms with Gasteiger partial charge in [0.2, 0.25) is 5.91 Å². The smallest absolute Gasteiger partial charge is 0.231 e. The van der Waals surface area contributed by atoms with E-state index in [9.17, 15) is 4.79 Å². The van der Waals surface area contributed by atoms with Gasteiger partial charge in [-0.3, -0.25) is 19.7 Å². The van der Waals surface area contributed by atoms with Crippen molar-refractivity contribution in [2.75, 3.05) is 36.3 Å². The minimum Gasteiger partial charge on any atom is -0.492 e. The van der Waals surface area contributed by atoms with Crippen LogP contribution in [0.3, 0.4) is 0 Å². The molecule has 0 spiro atoms. The van der Waals surface area contributed by atoms with E-state index in [0.29, 0.717) is 18.0 Å². The van der Waals surface area contributed by atoms with Crippen LogP contribution in [0.4, 0.5) is 17.1 Å². The SMILES string of the molecule is Cc1ccc(C(c2ccc(N(C)N)c(N)c2C)C(C)(C)C(=O)Nc2cccnc2)cc1CN1CCOc2ccncc2C1. The highest BCUT2D eigenvalue weighted by Crippen LogP contribution is 2.45. The number of hydrogen-bond donors (Lipinski definition) is 3. The lowest BCUT2D eigenvalue weighted by Gasteiger charge is -2.36. The molecular formula is C34H41N7O2. The highest BCUT2D eigenvalue weighted by Gasteiger charge is 2.40. The third-order valence-electron chi connectivity index (χ3n) is 8.47. The van der Waals surface area contributed by atoms with Crippen LogP contribution in [0.1, 0.15) is 53.1 Å². The molecule has 0 radical (unpaired) electrons. The number of nitrogen functional groups attached to an aromatic ring is 1. The molecule has 0 bridgehead atoms. The first-order valence-electron chi connectivity index (χ1n) is 14.5. The third-order valence-corrected chi connectivity index (χ3v) is 8.47. The van der Waals surface area contributed by atoms with Gasteiger partial charge in [-0.15, -0.1) is 0 Å². The Hall–Kier alpha value is -4.47. The molecule has 224 valence electrons. The number of hydrogen-bond acceptors (Lipinski definition) is 8. The Morgan fingerprint density at radius 1 is 1.12 bits per heavy atom. The summed E-state index contributed by atoms with van der Waals surface area (Å²) >= 11 is 0. The molecule has 5 rings (SSSR count). The van der Waals surface area contributed by atoms with Crippen LogP contribution in [0.5, 0.6) is 5.75 Å². The van der Waals surface area contributed by atoms with Crippen LogP contribution in [0, 0.1) is 19.3 Å². The molecule has 5 N–H and O–H groups in total. The van der Waals surface area contributed by atoms with Gasteiger partial charge in [-0.2, -0.15) is 0 Å². The summed E-state index contributed by atoms with van der Waals surface area (Å²) in [6.45, 7) is 11.0. The average Bonchev–Trinajstić information content (AvgIpc) is 3.19. The lowest BCUT2D eigenvalue weighted by atomic mass is 9.69. The van der Waals surface area contributed by atoms with Crippen molar-refractivity contribution in [2.24, 2.45) is 11.3 Å². The number of nitrogens with zero attached hydrogens (tertiary/aromatic N) is 4. The summed E-state index contributed by atoms with van der Waals surface area (Å²) in [5.41, 5.74) is 14.1. The molecule has 1 aliphatic rings. The molecule has 0 fully saturated rings. The van der Waals surface area contributed by atoms with Crippen LogP contribution in [-0.2, 0) is 17.9 Å². The van der Waals surface area contributed by atoms with Gasteiger partial charge in [0.25, 0.3) is 0 Å². The molecule has 0 saturated heterocycles. The van der Waals surface area contributed by atoms with E-state index < -0.39 is 5.41 Å². The topological polar surface area (TPSA) is 123 Å². The predicted molar refractivity (Wildman–Crippen MR) is 172 cm³/mol. The summed E-state index contributed by atoms with van der Waals surface area (Å²) < 4.78 is 5.98. The third kappa shape index (κ3) is 6.33. The fourth-order valence-corrected chi connectivity index (χ4v) is 5.89. The number of pyridine rings is 2. The van der Waals surface area contributed by atoms with Crippen LogP contribution in [0.25, 0.3) is 0 Å². The summed E-state index contributed by atoms with van der Waals surface area (Å²) in [5.74, 6) is 6.55. The maximum atomic E-state index is 14.0. The maximum Gasteiger partial charge on any atom is 0.231 e. The van der Waals surface area contributed by atoms with Crippen molar-refractivity contribution < 1.29 is 9.53 Å². The largest absolute Gasteiger partial charge is 0.492 e. The maximum absolute atomic E-state index is 14.0. The number of amides is 1. The number of ether oxygens (including phenoxy) is 1. The van der Waals surface area contributed by atoms with E-state index in [1.807, 2.05) is 57.3 Å². The number of nitrogens with one attached hydrogen (secondary N) is 1. The van der Waals surface area contributed by atoms with Crippen LogP contribution in [-0.4, -0.2) is 41.0 Å². The number of benzene rings is 2. The number of rotatable bonds is 8. The predicted octanol–water partition coefficient (Wildman–Crippen LogP) is 5.18. The number of nitrogens with two attached hydrogens (primary N) is 2. The van der Waals surface area contributed by atoms with Crippen LogP contribution >= 0.6 is 0 Å². The van der Waals surface area contributed by atoms with E-state index >= 15 is 0 Å². The first-order chi connectivity index (χ1) is 20.6. The molecule has 2 aromatic heterocycles. The van der Waals surface area contributed by atoms with Gasteiger partial charge in [0.15, 0.2) is 0 Å². The molecule has 0 aliphatic carbocycles. The number of fused-ring (bicyclic) bond motifs is 1. The molecule has 1 aliphatic heterocycles. The number of aromatic nitrogens is 2. The summed E-state index contributed by atoms with van der Waals surface area (Å²) in [7, 11) is 1.77. The number of carbonyl (C=O) groups is 1. The molecule has 1 amide bonds. The van der Waals surface area contributed by atoms with Crippen LogP contribution in [0.15, 0.2) is 73.3 Å². The van der Waals surface area contributed by atoms with E-state index in [2.05, 4.69) is 45.3 Å². The zero-order chi connectivity index (χ0) is 30.7. The Morgan fingerprint density at radius 3 is 2.65 bits per heavy atom. The molecular weight excluding hydrogens is 538 g/mol. The van der Waals surface area contributed by atoms with Crippen molar-refractivity contribution in [1.82, 2.24) is 14.9 Å². The summed E-state index contributed by atoms with van der Waals surface area (Å²) in [4.78, 5) is 24.8. The minimum absolute atomic E-state index is 0.112. The monoisotopic (exact) mass is 579 g/mol. The molecule has 1 atom stereocenters. The van der Waals surface area contributed by atoms with Gasteiger partial charge in [0.05, 0.1) is 28.7 Å². The summed E-state index contributed by atoms with van der Waals surface area (Å²) in [6.07, 6.45) is 6.99. The Balaban J connectivity index is 1.55. The Kier molecular flexibility index (Phi) is 8.66. The van der Waals surface area contributed by atoms with E-state index in [1.54, 1.807) is 25.6 Å². The van der Waals surface area contributed by atoms with E-state index in [0.717, 1.165) is 53.3 Å². The molecule has 43 heavy (non-hydrogen) atoms. The van der Waals surface area contributed by atoms with Gasteiger partial charge in [0.1, 0.15) is 12.4 Å². The molecule has 9 heteroatoms. The average molecular weight is 580 g/mol. The first-order valence-corrected chi connectivity index (χ1v) is 14.5. The second-order valence-electron chi connectivity index (χ2n) is 11.9. The van der Waals surface area contributed by atoms with Gasteiger partial charge in [-0.25, -0.2) is 5.84 Å². The normalized spacial score (nSPS) is 14.3. The van der Waals surface area contributed by atoms with Gasteiger partial charge in [0, 0.05) is 56.8 Å². The van der Waals surface area contributed by atoms with Gasteiger partial charge in [-0.05, 0) is 65.9 Å². The number of carbonyl (C=O) groups excluding carboxylic acids is 1. The molecule has 0 saturated carbocycles. The van der Waals surface area contributed by atoms with Crippen molar-refractivity contribution >= 4 is 23.0 Å². The zero-order valence-electron chi connectivity index (χ0n) is 25.6. The molecule has 4 aromatic rings. The number of hydrazine groups is 1. The minimum atomic E-state index is -0.864.